The zero-order chi connectivity index (χ0) is 29.7. The molecule has 0 atom stereocenters. The van der Waals surface area contributed by atoms with E-state index in [2.05, 4.69) is 150 Å². The summed E-state index contributed by atoms with van der Waals surface area (Å²) in [6.07, 6.45) is 4.25. The van der Waals surface area contributed by atoms with Crippen molar-refractivity contribution in [3.05, 3.63) is 156 Å². The summed E-state index contributed by atoms with van der Waals surface area (Å²) in [5.41, 5.74) is 11.3. The Morgan fingerprint density at radius 2 is 1.22 bits per heavy atom. The molecule has 2 aromatic heterocycles. The maximum atomic E-state index is 6.31. The lowest BCUT2D eigenvalue weighted by Crippen LogP contribution is -2.09. The predicted molar refractivity (Wildman–Crippen MR) is 191 cm³/mol. The van der Waals surface area contributed by atoms with Crippen molar-refractivity contribution in [3.63, 3.8) is 0 Å². The van der Waals surface area contributed by atoms with Gasteiger partial charge >= 0.3 is 0 Å². The first kappa shape index (κ1) is 25.9. The second-order valence-corrected chi connectivity index (χ2v) is 12.5. The Morgan fingerprint density at radius 3 is 2.04 bits per heavy atom. The van der Waals surface area contributed by atoms with Crippen molar-refractivity contribution in [2.24, 2.45) is 0 Å². The summed E-state index contributed by atoms with van der Waals surface area (Å²) in [4.78, 5) is 3.70. The third-order valence-electron chi connectivity index (χ3n) is 8.75. The van der Waals surface area contributed by atoms with Crippen LogP contribution >= 0.6 is 11.3 Å². The SMILES string of the molecule is C1=Cc2c(sc3c(-c4ccc(N(c5ccc(-c6ccccc6)cc5)c5ccc6c(c5)oc5ccccc56)cc4)cccc23)CN1. The highest BCUT2D eigenvalue weighted by Gasteiger charge is 2.18. The molecule has 1 N–H and O–H groups in total. The average molecular weight is 597 g/mol. The van der Waals surface area contributed by atoms with Gasteiger partial charge in [0.15, 0.2) is 0 Å². The largest absolute Gasteiger partial charge is 0.456 e. The molecule has 0 unspecified atom stereocenters. The van der Waals surface area contributed by atoms with Crippen LogP contribution in [0.4, 0.5) is 17.1 Å². The van der Waals surface area contributed by atoms with Crippen LogP contribution in [0.15, 0.2) is 150 Å². The smallest absolute Gasteiger partial charge is 0.137 e. The minimum atomic E-state index is 0.883. The average Bonchev–Trinajstić information content (AvgIpc) is 3.68. The van der Waals surface area contributed by atoms with Crippen molar-refractivity contribution in [3.8, 4) is 22.3 Å². The first-order valence-corrected chi connectivity index (χ1v) is 16.0. The van der Waals surface area contributed by atoms with Crippen molar-refractivity contribution in [1.82, 2.24) is 5.32 Å². The van der Waals surface area contributed by atoms with E-state index >= 15 is 0 Å². The number of hydrogen-bond acceptors (Lipinski definition) is 4. The molecule has 0 saturated carbocycles. The van der Waals surface area contributed by atoms with Gasteiger partial charge in [0.05, 0.1) is 0 Å². The molecule has 45 heavy (non-hydrogen) atoms. The maximum absolute atomic E-state index is 6.31. The second-order valence-electron chi connectivity index (χ2n) is 11.4. The summed E-state index contributed by atoms with van der Waals surface area (Å²) in [5.74, 6) is 0. The third-order valence-corrected chi connectivity index (χ3v) is 10.0. The summed E-state index contributed by atoms with van der Waals surface area (Å²) in [7, 11) is 0. The Kier molecular flexibility index (Phi) is 6.06. The molecule has 0 aliphatic carbocycles. The van der Waals surface area contributed by atoms with E-state index in [4.69, 9.17) is 4.42 Å². The van der Waals surface area contributed by atoms with E-state index in [1.54, 1.807) is 0 Å². The standard InChI is InChI=1S/C41H28N2OS/c1-2-7-27(8-3-1)28-13-17-30(18-14-28)43(32-21-22-35-34-9-4-5-12-38(34)44-39(35)25-32)31-19-15-29(16-20-31)33-10-6-11-37-36-23-24-42-26-40(36)45-41(33)37/h1-25,42H,26H2. The van der Waals surface area contributed by atoms with Gasteiger partial charge in [0.1, 0.15) is 11.2 Å². The summed E-state index contributed by atoms with van der Waals surface area (Å²) in [5, 5.41) is 6.95. The lowest BCUT2D eigenvalue weighted by molar-refractivity contribution is 0.669. The van der Waals surface area contributed by atoms with Gasteiger partial charge in [-0.25, -0.2) is 0 Å². The number of benzene rings is 6. The van der Waals surface area contributed by atoms with Crippen LogP contribution in [0.2, 0.25) is 0 Å². The molecular weight excluding hydrogens is 569 g/mol. The number of nitrogens with zero attached hydrogens (tertiary/aromatic N) is 1. The molecule has 214 valence electrons. The molecule has 1 aliphatic heterocycles. The molecule has 3 nitrogen and oxygen atoms in total. The summed E-state index contributed by atoms with van der Waals surface area (Å²) >= 11 is 1.89. The molecule has 9 rings (SSSR count). The van der Waals surface area contributed by atoms with E-state index in [9.17, 15) is 0 Å². The Labute approximate surface area is 265 Å². The van der Waals surface area contributed by atoms with Crippen LogP contribution < -0.4 is 10.2 Å². The molecule has 1 aliphatic rings. The maximum Gasteiger partial charge on any atom is 0.137 e. The number of thiophene rings is 1. The highest BCUT2D eigenvalue weighted by Crippen LogP contribution is 2.42. The number of para-hydroxylation sites is 1. The molecule has 0 saturated heterocycles. The summed E-state index contributed by atoms with van der Waals surface area (Å²) < 4.78 is 7.65. The number of rotatable bonds is 5. The molecule has 0 radical (unpaired) electrons. The van der Waals surface area contributed by atoms with Gasteiger partial charge in [-0.3, -0.25) is 0 Å². The van der Waals surface area contributed by atoms with Gasteiger partial charge in [0, 0.05) is 55.4 Å². The van der Waals surface area contributed by atoms with Crippen molar-refractivity contribution < 1.29 is 4.42 Å². The lowest BCUT2D eigenvalue weighted by Gasteiger charge is -2.26. The van der Waals surface area contributed by atoms with Crippen LogP contribution in [-0.4, -0.2) is 0 Å². The zero-order valence-corrected chi connectivity index (χ0v) is 25.2. The van der Waals surface area contributed by atoms with Gasteiger partial charge in [-0.1, -0.05) is 91.0 Å². The first-order valence-electron chi connectivity index (χ1n) is 15.2. The molecule has 4 heteroatoms. The fraction of sp³-hybridized carbons (Fsp3) is 0.0244. The van der Waals surface area contributed by atoms with E-state index in [1.165, 1.54) is 42.8 Å². The molecular formula is C41H28N2OS. The van der Waals surface area contributed by atoms with Crippen LogP contribution in [-0.2, 0) is 6.54 Å². The van der Waals surface area contributed by atoms with E-state index in [-0.39, 0.29) is 0 Å². The van der Waals surface area contributed by atoms with Crippen molar-refractivity contribution in [2.45, 2.75) is 6.54 Å². The molecule has 6 aromatic carbocycles. The van der Waals surface area contributed by atoms with Crippen molar-refractivity contribution in [1.29, 1.82) is 0 Å². The van der Waals surface area contributed by atoms with E-state index in [0.717, 1.165) is 45.5 Å². The monoisotopic (exact) mass is 596 g/mol. The molecule has 0 spiro atoms. The molecule has 0 bridgehead atoms. The molecule has 8 aromatic rings. The zero-order valence-electron chi connectivity index (χ0n) is 24.4. The van der Waals surface area contributed by atoms with Crippen LogP contribution in [0.1, 0.15) is 10.4 Å². The summed E-state index contributed by atoms with van der Waals surface area (Å²) in [6.45, 7) is 0.886. The van der Waals surface area contributed by atoms with Gasteiger partial charge in [0.2, 0.25) is 0 Å². The van der Waals surface area contributed by atoms with Crippen LogP contribution in [0.25, 0.3) is 60.4 Å². The van der Waals surface area contributed by atoms with Gasteiger partial charge in [-0.15, -0.1) is 11.3 Å². The fourth-order valence-electron chi connectivity index (χ4n) is 6.55. The molecule has 0 amide bonds. The van der Waals surface area contributed by atoms with Gasteiger partial charge in [-0.05, 0) is 82.6 Å². The lowest BCUT2D eigenvalue weighted by atomic mass is 10.0. The predicted octanol–water partition coefficient (Wildman–Crippen LogP) is 11.7. The Hall–Kier alpha value is -5.58. The van der Waals surface area contributed by atoms with E-state index < -0.39 is 0 Å². The van der Waals surface area contributed by atoms with Crippen LogP contribution in [0.3, 0.4) is 0 Å². The number of hydrogen-bond donors (Lipinski definition) is 1. The fourth-order valence-corrected chi connectivity index (χ4v) is 7.82. The van der Waals surface area contributed by atoms with Gasteiger partial charge in [0.25, 0.3) is 0 Å². The van der Waals surface area contributed by atoms with Gasteiger partial charge < -0.3 is 14.6 Å². The number of fused-ring (bicyclic) bond motifs is 6. The molecule has 0 fully saturated rings. The number of anilines is 3. The normalized spacial score (nSPS) is 12.4. The van der Waals surface area contributed by atoms with Gasteiger partial charge in [-0.2, -0.15) is 0 Å². The second kappa shape index (κ2) is 10.5. The van der Waals surface area contributed by atoms with Crippen molar-refractivity contribution in [2.75, 3.05) is 4.90 Å². The number of furan rings is 1. The Balaban J connectivity index is 1.15. The topological polar surface area (TPSA) is 28.4 Å². The minimum Gasteiger partial charge on any atom is -0.456 e. The summed E-state index contributed by atoms with van der Waals surface area (Å²) in [6, 6.07) is 49.7. The number of nitrogens with one attached hydrogen (secondary N) is 1. The van der Waals surface area contributed by atoms with Crippen LogP contribution in [0.5, 0.6) is 0 Å². The Morgan fingerprint density at radius 1 is 0.556 bits per heavy atom. The Bertz CT molecular complexity index is 2360. The first-order chi connectivity index (χ1) is 22.3. The van der Waals surface area contributed by atoms with Crippen LogP contribution in [0, 0.1) is 0 Å². The minimum absolute atomic E-state index is 0.883. The molecule has 3 heterocycles. The highest BCUT2D eigenvalue weighted by molar-refractivity contribution is 7.20. The van der Waals surface area contributed by atoms with E-state index in [0.29, 0.717) is 0 Å². The van der Waals surface area contributed by atoms with E-state index in [1.807, 2.05) is 23.5 Å². The quantitative estimate of drug-likeness (QED) is 0.214. The third kappa shape index (κ3) is 4.42. The van der Waals surface area contributed by atoms with Crippen molar-refractivity contribution >= 4 is 66.5 Å². The highest BCUT2D eigenvalue weighted by atomic mass is 32.1.